The summed E-state index contributed by atoms with van der Waals surface area (Å²) in [6.45, 7) is 2.51. The molecule has 7 heteroatoms. The van der Waals surface area contributed by atoms with Gasteiger partial charge in [0.05, 0.1) is 6.54 Å². The highest BCUT2D eigenvalue weighted by atomic mass is 16.5. The lowest BCUT2D eigenvalue weighted by Gasteiger charge is -2.33. The summed E-state index contributed by atoms with van der Waals surface area (Å²) in [5, 5.41) is 7.12. The largest absolute Gasteiger partial charge is 0.371 e. The summed E-state index contributed by atoms with van der Waals surface area (Å²) in [7, 11) is 0. The van der Waals surface area contributed by atoms with E-state index >= 15 is 0 Å². The van der Waals surface area contributed by atoms with Crippen LogP contribution in [0, 0.1) is 0 Å². The van der Waals surface area contributed by atoms with Crippen LogP contribution < -0.4 is 16.0 Å². The zero-order valence-electron chi connectivity index (χ0n) is 12.2. The summed E-state index contributed by atoms with van der Waals surface area (Å²) < 4.78 is 4.76. The molecule has 0 spiro atoms. The molecule has 2 aromatic rings. The Hall–Kier alpha value is -2.41. The maximum absolute atomic E-state index is 10.9. The maximum Gasteiger partial charge on any atom is 0.315 e. The van der Waals surface area contributed by atoms with Gasteiger partial charge in [0.1, 0.15) is 0 Å². The molecule has 0 aliphatic carbocycles. The lowest BCUT2D eigenvalue weighted by Crippen LogP contribution is -2.42. The molecule has 22 heavy (non-hydrogen) atoms. The Morgan fingerprint density at radius 1 is 1.32 bits per heavy atom. The number of amides is 1. The molecule has 1 aromatic carbocycles. The fourth-order valence-corrected chi connectivity index (χ4v) is 2.64. The Morgan fingerprint density at radius 2 is 2.05 bits per heavy atom. The van der Waals surface area contributed by atoms with Gasteiger partial charge < -0.3 is 20.5 Å². The van der Waals surface area contributed by atoms with Crippen molar-refractivity contribution >= 4 is 11.6 Å². The van der Waals surface area contributed by atoms with Crippen LogP contribution in [0.4, 0.5) is 5.69 Å². The van der Waals surface area contributed by atoms with Crippen LogP contribution in [-0.2, 0) is 6.54 Å². The Labute approximate surface area is 128 Å². The number of carbonyl (C=O) groups excluding carboxylic acids is 1. The van der Waals surface area contributed by atoms with Gasteiger partial charge in [-0.05, 0) is 25.0 Å². The fraction of sp³-hybridized carbons (Fsp3) is 0.400. The van der Waals surface area contributed by atoms with Crippen LogP contribution in [0.5, 0.6) is 0 Å². The van der Waals surface area contributed by atoms with Crippen molar-refractivity contribution in [1.29, 1.82) is 0 Å². The quantitative estimate of drug-likeness (QED) is 0.852. The number of rotatable bonds is 5. The minimum atomic E-state index is -0.699. The Bertz CT molecular complexity index is 620. The number of carbonyl (C=O) groups is 1. The predicted molar refractivity (Wildman–Crippen MR) is 81.3 cm³/mol. The first-order chi connectivity index (χ1) is 10.7. The molecule has 0 saturated carbocycles. The lowest BCUT2D eigenvalue weighted by molar-refractivity contribution is 0.0958. The number of hydrogen-bond donors (Lipinski definition) is 2. The number of nitrogens with one attached hydrogen (secondary N) is 1. The summed E-state index contributed by atoms with van der Waals surface area (Å²) in [6.07, 6.45) is 2.10. The van der Waals surface area contributed by atoms with E-state index in [4.69, 9.17) is 10.3 Å². The van der Waals surface area contributed by atoms with Crippen molar-refractivity contribution in [2.75, 3.05) is 18.0 Å². The zero-order chi connectivity index (χ0) is 15.4. The second kappa shape index (κ2) is 6.57. The predicted octanol–water partition coefficient (Wildman–Crippen LogP) is 0.927. The van der Waals surface area contributed by atoms with Gasteiger partial charge in [-0.15, -0.1) is 0 Å². The van der Waals surface area contributed by atoms with Gasteiger partial charge in [0.2, 0.25) is 0 Å². The number of nitrogens with two attached hydrogens (primary N) is 1. The van der Waals surface area contributed by atoms with E-state index < -0.39 is 5.91 Å². The molecule has 1 aromatic heterocycles. The average molecular weight is 301 g/mol. The van der Waals surface area contributed by atoms with E-state index in [1.807, 2.05) is 6.07 Å². The normalized spacial score (nSPS) is 15.9. The van der Waals surface area contributed by atoms with Crippen molar-refractivity contribution in [2.45, 2.75) is 25.4 Å². The minimum Gasteiger partial charge on any atom is -0.371 e. The third kappa shape index (κ3) is 3.43. The molecule has 0 bridgehead atoms. The highest BCUT2D eigenvalue weighted by Crippen LogP contribution is 2.19. The number of aromatic nitrogens is 2. The lowest BCUT2D eigenvalue weighted by atomic mass is 10.0. The van der Waals surface area contributed by atoms with E-state index in [9.17, 15) is 4.79 Å². The Balaban J connectivity index is 1.46. The van der Waals surface area contributed by atoms with Crippen molar-refractivity contribution in [2.24, 2.45) is 5.73 Å². The number of para-hydroxylation sites is 1. The number of primary amides is 1. The van der Waals surface area contributed by atoms with Crippen molar-refractivity contribution in [1.82, 2.24) is 15.5 Å². The SMILES string of the molecule is NC(=O)c1nc(CNC2CCN(c3ccccc3)CC2)no1. The molecule has 1 fully saturated rings. The highest BCUT2D eigenvalue weighted by molar-refractivity contribution is 5.87. The van der Waals surface area contributed by atoms with Gasteiger partial charge in [0.15, 0.2) is 5.82 Å². The third-order valence-electron chi connectivity index (χ3n) is 3.84. The van der Waals surface area contributed by atoms with E-state index in [-0.39, 0.29) is 5.89 Å². The molecule has 3 rings (SSSR count). The van der Waals surface area contributed by atoms with E-state index in [1.165, 1.54) is 5.69 Å². The van der Waals surface area contributed by atoms with Crippen LogP contribution in [0.3, 0.4) is 0 Å². The molecule has 1 amide bonds. The van der Waals surface area contributed by atoms with Crippen LogP contribution in [0.1, 0.15) is 29.4 Å². The first-order valence-corrected chi connectivity index (χ1v) is 7.38. The second-order valence-corrected chi connectivity index (χ2v) is 5.36. The number of benzene rings is 1. The van der Waals surface area contributed by atoms with Crippen LogP contribution in [-0.4, -0.2) is 35.2 Å². The molecule has 1 aliphatic rings. The van der Waals surface area contributed by atoms with E-state index in [0.717, 1.165) is 25.9 Å². The first kappa shape index (κ1) is 14.5. The summed E-state index contributed by atoms with van der Waals surface area (Å²) in [6, 6.07) is 10.8. The zero-order valence-corrected chi connectivity index (χ0v) is 12.2. The number of nitrogens with zero attached hydrogens (tertiary/aromatic N) is 3. The molecule has 0 atom stereocenters. The smallest absolute Gasteiger partial charge is 0.315 e. The number of piperidine rings is 1. The van der Waals surface area contributed by atoms with Crippen molar-refractivity contribution < 1.29 is 9.32 Å². The van der Waals surface area contributed by atoms with Crippen LogP contribution >= 0.6 is 0 Å². The molecule has 1 aliphatic heterocycles. The van der Waals surface area contributed by atoms with Gasteiger partial charge in [-0.1, -0.05) is 23.4 Å². The van der Waals surface area contributed by atoms with Gasteiger partial charge in [0.25, 0.3) is 0 Å². The molecule has 2 heterocycles. The average Bonchev–Trinajstić information content (AvgIpc) is 3.04. The third-order valence-corrected chi connectivity index (χ3v) is 3.84. The summed E-state index contributed by atoms with van der Waals surface area (Å²) in [5.41, 5.74) is 6.34. The first-order valence-electron chi connectivity index (χ1n) is 7.38. The topological polar surface area (TPSA) is 97.3 Å². The van der Waals surface area contributed by atoms with Crippen molar-refractivity contribution in [3.63, 3.8) is 0 Å². The van der Waals surface area contributed by atoms with E-state index in [2.05, 4.69) is 44.6 Å². The molecule has 116 valence electrons. The van der Waals surface area contributed by atoms with Gasteiger partial charge in [-0.2, -0.15) is 4.98 Å². The number of hydrogen-bond acceptors (Lipinski definition) is 6. The Morgan fingerprint density at radius 3 is 2.68 bits per heavy atom. The summed E-state index contributed by atoms with van der Waals surface area (Å²) >= 11 is 0. The standard InChI is InChI=1S/C15H19N5O2/c16-14(21)15-18-13(19-22-15)10-17-11-6-8-20(9-7-11)12-4-2-1-3-5-12/h1-5,11,17H,6-10H2,(H2,16,21). The molecule has 3 N–H and O–H groups in total. The molecular formula is C15H19N5O2. The molecule has 7 nitrogen and oxygen atoms in total. The number of anilines is 1. The molecule has 0 unspecified atom stereocenters. The minimum absolute atomic E-state index is 0.143. The second-order valence-electron chi connectivity index (χ2n) is 5.36. The maximum atomic E-state index is 10.9. The van der Waals surface area contributed by atoms with Crippen LogP contribution in [0.25, 0.3) is 0 Å². The highest BCUT2D eigenvalue weighted by Gasteiger charge is 2.20. The van der Waals surface area contributed by atoms with Gasteiger partial charge >= 0.3 is 11.8 Å². The fourth-order valence-electron chi connectivity index (χ4n) is 2.64. The monoisotopic (exact) mass is 301 g/mol. The van der Waals surface area contributed by atoms with Gasteiger partial charge in [0, 0.05) is 24.8 Å². The van der Waals surface area contributed by atoms with Gasteiger partial charge in [-0.3, -0.25) is 4.79 Å². The molecule has 0 radical (unpaired) electrons. The molecular weight excluding hydrogens is 282 g/mol. The Kier molecular flexibility index (Phi) is 4.34. The summed E-state index contributed by atoms with van der Waals surface area (Å²) in [5.74, 6) is -0.384. The van der Waals surface area contributed by atoms with E-state index in [0.29, 0.717) is 18.4 Å². The van der Waals surface area contributed by atoms with Gasteiger partial charge in [-0.25, -0.2) is 0 Å². The van der Waals surface area contributed by atoms with Crippen molar-refractivity contribution in [3.8, 4) is 0 Å². The van der Waals surface area contributed by atoms with Crippen LogP contribution in [0.15, 0.2) is 34.9 Å². The van der Waals surface area contributed by atoms with E-state index in [1.54, 1.807) is 0 Å². The van der Waals surface area contributed by atoms with Crippen molar-refractivity contribution in [3.05, 3.63) is 42.0 Å². The van der Waals surface area contributed by atoms with Crippen LogP contribution in [0.2, 0.25) is 0 Å². The molecule has 1 saturated heterocycles. The summed E-state index contributed by atoms with van der Waals surface area (Å²) in [4.78, 5) is 17.2.